The molecule has 0 amide bonds. The highest BCUT2D eigenvalue weighted by Crippen LogP contribution is 2.28. The van der Waals surface area contributed by atoms with Crippen molar-refractivity contribution in [2.45, 2.75) is 44.7 Å². The first-order valence-electron chi connectivity index (χ1n) is 5.16. The molecule has 0 spiro atoms. The van der Waals surface area contributed by atoms with Crippen LogP contribution in [0.15, 0.2) is 0 Å². The molecule has 0 bridgehead atoms. The third kappa shape index (κ3) is 2.09. The number of aromatic nitrogens is 4. The van der Waals surface area contributed by atoms with Crippen LogP contribution in [0, 0.1) is 0 Å². The summed E-state index contributed by atoms with van der Waals surface area (Å²) in [6.45, 7) is 3.00. The maximum Gasteiger partial charge on any atom is 0.188 e. The first kappa shape index (κ1) is 9.58. The molecular weight excluding hydrogens is 178 g/mol. The van der Waals surface area contributed by atoms with Crippen LogP contribution >= 0.6 is 0 Å². The third-order valence-electron chi connectivity index (χ3n) is 2.93. The number of nitrogens with one attached hydrogen (secondary N) is 1. The second-order valence-electron chi connectivity index (χ2n) is 4.32. The van der Waals surface area contributed by atoms with Gasteiger partial charge in [0.05, 0.1) is 13.6 Å². The van der Waals surface area contributed by atoms with E-state index in [1.54, 1.807) is 7.05 Å². The SMILES string of the molecule is Cn1nnc(CNC2(C)CCCC2)n1. The number of nitrogens with zero attached hydrogens (tertiary/aromatic N) is 4. The quantitative estimate of drug-likeness (QED) is 0.768. The molecule has 0 aromatic carbocycles. The Labute approximate surface area is 83.9 Å². The number of aryl methyl sites for hydroxylation is 1. The van der Waals surface area contributed by atoms with Crippen molar-refractivity contribution in [3.8, 4) is 0 Å². The van der Waals surface area contributed by atoms with Crippen molar-refractivity contribution in [2.75, 3.05) is 0 Å². The van der Waals surface area contributed by atoms with Gasteiger partial charge in [0.15, 0.2) is 5.82 Å². The fourth-order valence-electron chi connectivity index (χ4n) is 2.02. The van der Waals surface area contributed by atoms with E-state index in [9.17, 15) is 0 Å². The Balaban J connectivity index is 1.87. The van der Waals surface area contributed by atoms with E-state index in [4.69, 9.17) is 0 Å². The second-order valence-corrected chi connectivity index (χ2v) is 4.32. The van der Waals surface area contributed by atoms with Gasteiger partial charge in [0.1, 0.15) is 0 Å². The fourth-order valence-corrected chi connectivity index (χ4v) is 2.02. The van der Waals surface area contributed by atoms with Crippen molar-refractivity contribution in [3.63, 3.8) is 0 Å². The maximum atomic E-state index is 4.13. The molecule has 0 unspecified atom stereocenters. The van der Waals surface area contributed by atoms with Gasteiger partial charge in [0, 0.05) is 5.54 Å². The van der Waals surface area contributed by atoms with Crippen molar-refractivity contribution < 1.29 is 0 Å². The second kappa shape index (κ2) is 3.65. The smallest absolute Gasteiger partial charge is 0.188 e. The predicted molar refractivity (Wildman–Crippen MR) is 52.5 cm³/mol. The third-order valence-corrected chi connectivity index (χ3v) is 2.93. The van der Waals surface area contributed by atoms with E-state index in [2.05, 4.69) is 27.7 Å². The van der Waals surface area contributed by atoms with Gasteiger partial charge in [-0.15, -0.1) is 10.2 Å². The number of hydrogen-bond acceptors (Lipinski definition) is 4. The summed E-state index contributed by atoms with van der Waals surface area (Å²) in [5.74, 6) is 0.778. The van der Waals surface area contributed by atoms with Crippen LogP contribution in [0.5, 0.6) is 0 Å². The van der Waals surface area contributed by atoms with Crippen LogP contribution < -0.4 is 5.32 Å². The molecule has 5 nitrogen and oxygen atoms in total. The molecule has 1 heterocycles. The highest BCUT2D eigenvalue weighted by molar-refractivity contribution is 4.90. The van der Waals surface area contributed by atoms with Crippen molar-refractivity contribution >= 4 is 0 Å². The van der Waals surface area contributed by atoms with Gasteiger partial charge in [-0.1, -0.05) is 12.8 Å². The van der Waals surface area contributed by atoms with Crippen molar-refractivity contribution in [1.82, 2.24) is 25.5 Å². The molecule has 1 aromatic heterocycles. The van der Waals surface area contributed by atoms with Crippen molar-refractivity contribution in [1.29, 1.82) is 0 Å². The first-order valence-corrected chi connectivity index (χ1v) is 5.16. The van der Waals surface area contributed by atoms with Crippen LogP contribution in [0.3, 0.4) is 0 Å². The molecule has 14 heavy (non-hydrogen) atoms. The summed E-state index contributed by atoms with van der Waals surface area (Å²) in [5.41, 5.74) is 0.291. The van der Waals surface area contributed by atoms with Crippen LogP contribution in [-0.4, -0.2) is 25.7 Å². The average molecular weight is 195 g/mol. The molecule has 1 fully saturated rings. The molecule has 5 heteroatoms. The summed E-state index contributed by atoms with van der Waals surface area (Å²) in [5, 5.41) is 15.4. The lowest BCUT2D eigenvalue weighted by Gasteiger charge is -2.24. The molecule has 1 aromatic rings. The zero-order chi connectivity index (χ0) is 10.0. The van der Waals surface area contributed by atoms with Gasteiger partial charge in [0.25, 0.3) is 0 Å². The van der Waals surface area contributed by atoms with Gasteiger partial charge >= 0.3 is 0 Å². The standard InChI is InChI=1S/C9H17N5/c1-9(5-3-4-6-9)10-7-8-11-13-14(2)12-8/h10H,3-7H2,1-2H3. The zero-order valence-electron chi connectivity index (χ0n) is 8.82. The Morgan fingerprint density at radius 1 is 1.43 bits per heavy atom. The highest BCUT2D eigenvalue weighted by atomic mass is 15.6. The van der Waals surface area contributed by atoms with E-state index in [1.807, 2.05) is 0 Å². The van der Waals surface area contributed by atoms with Crippen LogP contribution in [0.25, 0.3) is 0 Å². The molecule has 78 valence electrons. The lowest BCUT2D eigenvalue weighted by Crippen LogP contribution is -2.39. The van der Waals surface area contributed by atoms with Gasteiger partial charge in [-0.25, -0.2) is 0 Å². The van der Waals surface area contributed by atoms with E-state index in [0.717, 1.165) is 12.4 Å². The molecule has 1 aliphatic carbocycles. The minimum Gasteiger partial charge on any atom is -0.304 e. The van der Waals surface area contributed by atoms with E-state index in [0.29, 0.717) is 5.54 Å². The molecule has 0 radical (unpaired) electrons. The van der Waals surface area contributed by atoms with Crippen molar-refractivity contribution in [3.05, 3.63) is 5.82 Å². The fraction of sp³-hybridized carbons (Fsp3) is 0.889. The molecule has 1 aliphatic rings. The van der Waals surface area contributed by atoms with Gasteiger partial charge in [-0.2, -0.15) is 4.80 Å². The number of tetrazole rings is 1. The number of rotatable bonds is 3. The molecular formula is C9H17N5. The van der Waals surface area contributed by atoms with E-state index >= 15 is 0 Å². The Bertz CT molecular complexity index is 300. The van der Waals surface area contributed by atoms with Crippen LogP contribution in [0.4, 0.5) is 0 Å². The van der Waals surface area contributed by atoms with Crippen LogP contribution in [-0.2, 0) is 13.6 Å². The topological polar surface area (TPSA) is 55.6 Å². The van der Waals surface area contributed by atoms with Crippen molar-refractivity contribution in [2.24, 2.45) is 7.05 Å². The molecule has 0 saturated heterocycles. The van der Waals surface area contributed by atoms with E-state index in [1.165, 1.54) is 30.5 Å². The lowest BCUT2D eigenvalue weighted by molar-refractivity contribution is 0.358. The van der Waals surface area contributed by atoms with Gasteiger partial charge in [0.2, 0.25) is 0 Å². The Morgan fingerprint density at radius 2 is 2.14 bits per heavy atom. The first-order chi connectivity index (χ1) is 6.68. The molecule has 1 N–H and O–H groups in total. The Kier molecular flexibility index (Phi) is 2.50. The van der Waals surface area contributed by atoms with E-state index < -0.39 is 0 Å². The minimum atomic E-state index is 0.291. The largest absolute Gasteiger partial charge is 0.304 e. The molecule has 1 saturated carbocycles. The molecule has 2 rings (SSSR count). The summed E-state index contributed by atoms with van der Waals surface area (Å²) in [7, 11) is 1.79. The summed E-state index contributed by atoms with van der Waals surface area (Å²) in [4.78, 5) is 1.49. The monoisotopic (exact) mass is 195 g/mol. The predicted octanol–water partition coefficient (Wildman–Crippen LogP) is 0.632. The molecule has 0 atom stereocenters. The van der Waals surface area contributed by atoms with Gasteiger partial charge in [-0.05, 0) is 25.0 Å². The van der Waals surface area contributed by atoms with Crippen LogP contribution in [0.2, 0.25) is 0 Å². The summed E-state index contributed by atoms with van der Waals surface area (Å²) >= 11 is 0. The van der Waals surface area contributed by atoms with Crippen LogP contribution in [0.1, 0.15) is 38.4 Å². The minimum absolute atomic E-state index is 0.291. The van der Waals surface area contributed by atoms with Gasteiger partial charge in [-0.3, -0.25) is 0 Å². The number of hydrogen-bond donors (Lipinski definition) is 1. The maximum absolute atomic E-state index is 4.13. The molecule has 0 aliphatic heterocycles. The Morgan fingerprint density at radius 3 is 2.71 bits per heavy atom. The zero-order valence-corrected chi connectivity index (χ0v) is 8.82. The van der Waals surface area contributed by atoms with Gasteiger partial charge < -0.3 is 5.32 Å². The highest BCUT2D eigenvalue weighted by Gasteiger charge is 2.27. The summed E-state index contributed by atoms with van der Waals surface area (Å²) < 4.78 is 0. The Hall–Kier alpha value is -0.970. The normalized spacial score (nSPS) is 20.1. The average Bonchev–Trinajstić information content (AvgIpc) is 2.73. The lowest BCUT2D eigenvalue weighted by atomic mass is 10.0. The summed E-state index contributed by atoms with van der Waals surface area (Å²) in [6, 6.07) is 0. The van der Waals surface area contributed by atoms with E-state index in [-0.39, 0.29) is 0 Å². The summed E-state index contributed by atoms with van der Waals surface area (Å²) in [6.07, 6.45) is 5.18.